The fraction of sp³-hybridized carbons (Fsp3) is 0.381. The molecule has 1 aliphatic heterocycles. The first-order valence-electron chi connectivity index (χ1n) is 9.60. The number of nitrogens with one attached hydrogen (secondary N) is 1. The van der Waals surface area contributed by atoms with E-state index in [2.05, 4.69) is 23.1 Å². The molecule has 1 aromatic carbocycles. The van der Waals surface area contributed by atoms with Gasteiger partial charge in [-0.2, -0.15) is 0 Å². The van der Waals surface area contributed by atoms with Gasteiger partial charge >= 0.3 is 0 Å². The maximum absolute atomic E-state index is 12.1. The Bertz CT molecular complexity index is 1070. The third-order valence-electron chi connectivity index (χ3n) is 5.48. The Labute approximate surface area is 175 Å². The molecule has 0 radical (unpaired) electrons. The van der Waals surface area contributed by atoms with Crippen LogP contribution in [0, 0.1) is 0 Å². The summed E-state index contributed by atoms with van der Waals surface area (Å²) in [6.07, 6.45) is 3.26. The highest BCUT2D eigenvalue weighted by Crippen LogP contribution is 2.30. The van der Waals surface area contributed by atoms with Gasteiger partial charge in [0.2, 0.25) is 0 Å². The molecule has 1 aromatic heterocycles. The van der Waals surface area contributed by atoms with E-state index in [4.69, 9.17) is 10.0 Å². The summed E-state index contributed by atoms with van der Waals surface area (Å²) >= 11 is 0. The molecule has 2 heterocycles. The first-order chi connectivity index (χ1) is 14.2. The number of carbonyl (C=O) groups excluding carboxylic acids is 1. The molecule has 3 rings (SSSR count). The molecule has 8 nitrogen and oxygen atoms in total. The number of pyridine rings is 1. The van der Waals surface area contributed by atoms with Crippen LogP contribution in [0.4, 0.5) is 0 Å². The number of hydrogen-bond acceptors (Lipinski definition) is 7. The van der Waals surface area contributed by atoms with Crippen molar-refractivity contribution in [2.24, 2.45) is 5.16 Å². The van der Waals surface area contributed by atoms with Crippen molar-refractivity contribution in [1.29, 1.82) is 0 Å². The number of hydroxylamine groups is 1. The summed E-state index contributed by atoms with van der Waals surface area (Å²) < 4.78 is 22.5. The summed E-state index contributed by atoms with van der Waals surface area (Å²) in [5, 5.41) is 13.0. The van der Waals surface area contributed by atoms with E-state index < -0.39 is 26.6 Å². The lowest BCUT2D eigenvalue weighted by Crippen LogP contribution is -2.51. The van der Waals surface area contributed by atoms with Crippen LogP contribution in [0.2, 0.25) is 0 Å². The van der Waals surface area contributed by atoms with Crippen LogP contribution in [-0.2, 0) is 25.9 Å². The van der Waals surface area contributed by atoms with Crippen molar-refractivity contribution in [3.05, 3.63) is 53.9 Å². The van der Waals surface area contributed by atoms with Crippen LogP contribution in [0.5, 0.6) is 0 Å². The number of oxime groups is 1. The summed E-state index contributed by atoms with van der Waals surface area (Å²) in [5.74, 6) is -0.991. The predicted octanol–water partition coefficient (Wildman–Crippen LogP) is 2.50. The van der Waals surface area contributed by atoms with E-state index in [1.807, 2.05) is 30.3 Å². The van der Waals surface area contributed by atoms with Crippen molar-refractivity contribution >= 4 is 21.5 Å². The molecule has 0 fully saturated rings. The predicted molar refractivity (Wildman–Crippen MR) is 113 cm³/mol. The van der Waals surface area contributed by atoms with E-state index in [-0.39, 0.29) is 6.42 Å². The van der Waals surface area contributed by atoms with E-state index >= 15 is 0 Å². The molecule has 30 heavy (non-hydrogen) atoms. The van der Waals surface area contributed by atoms with Crippen LogP contribution in [-0.4, -0.2) is 47.3 Å². The lowest BCUT2D eigenvalue weighted by Gasteiger charge is -2.26. The van der Waals surface area contributed by atoms with Crippen molar-refractivity contribution in [3.63, 3.8) is 0 Å². The van der Waals surface area contributed by atoms with Crippen LogP contribution in [0.3, 0.4) is 0 Å². The number of carbonyl (C=O) groups is 1. The quantitative estimate of drug-likeness (QED) is 0.514. The van der Waals surface area contributed by atoms with Crippen LogP contribution < -0.4 is 5.48 Å². The smallest absolute Gasteiger partial charge is 0.264 e. The standard InChI is InChI=1S/C21H25N3O5S/c1-4-17-11-16(9-10-22-17)14-5-7-15(8-6-14)19-12-18(29-24-19)13-21(2,20(25)23-26)30(3,27)28/h5-11,18,26H,4,12-13H2,1-3H3,(H,23,25). The largest absolute Gasteiger partial charge is 0.392 e. The normalized spacial score (nSPS) is 18.3. The van der Waals surface area contributed by atoms with E-state index in [0.717, 1.165) is 35.1 Å². The van der Waals surface area contributed by atoms with Gasteiger partial charge in [-0.05, 0) is 42.2 Å². The highest BCUT2D eigenvalue weighted by atomic mass is 32.2. The zero-order chi connectivity index (χ0) is 21.9. The molecule has 2 N–H and O–H groups in total. The van der Waals surface area contributed by atoms with E-state index in [9.17, 15) is 13.2 Å². The highest BCUT2D eigenvalue weighted by Gasteiger charge is 2.47. The fourth-order valence-corrected chi connectivity index (χ4v) is 4.25. The maximum atomic E-state index is 12.1. The van der Waals surface area contributed by atoms with Gasteiger partial charge in [-0.25, -0.2) is 13.9 Å². The molecule has 1 aliphatic rings. The van der Waals surface area contributed by atoms with Gasteiger partial charge in [0, 0.05) is 31.0 Å². The van der Waals surface area contributed by atoms with Crippen molar-refractivity contribution in [2.45, 2.75) is 44.0 Å². The van der Waals surface area contributed by atoms with Crippen LogP contribution in [0.1, 0.15) is 37.9 Å². The molecule has 1 amide bonds. The fourth-order valence-electron chi connectivity index (χ4n) is 3.38. The molecule has 0 bridgehead atoms. The van der Waals surface area contributed by atoms with E-state index in [1.54, 1.807) is 6.20 Å². The molecule has 9 heteroatoms. The SMILES string of the molecule is CCc1cc(-c2ccc(C3=NOC(CC(C)(C(=O)NO)S(C)(=O)=O)C3)cc2)ccn1. The van der Waals surface area contributed by atoms with E-state index in [0.29, 0.717) is 12.1 Å². The minimum Gasteiger partial charge on any atom is -0.392 e. The Morgan fingerprint density at radius 1 is 1.23 bits per heavy atom. The number of nitrogens with zero attached hydrogens (tertiary/aromatic N) is 2. The second-order valence-electron chi connectivity index (χ2n) is 7.58. The van der Waals surface area contributed by atoms with Gasteiger partial charge < -0.3 is 4.84 Å². The molecule has 2 atom stereocenters. The molecular formula is C21H25N3O5S. The Hall–Kier alpha value is -2.78. The van der Waals surface area contributed by atoms with Gasteiger partial charge in [-0.15, -0.1) is 0 Å². The number of benzene rings is 1. The number of hydrogen-bond donors (Lipinski definition) is 2. The zero-order valence-electron chi connectivity index (χ0n) is 17.1. The van der Waals surface area contributed by atoms with Crippen molar-refractivity contribution in [1.82, 2.24) is 10.5 Å². The number of aromatic nitrogens is 1. The van der Waals surface area contributed by atoms with Gasteiger partial charge in [0.25, 0.3) is 5.91 Å². The first kappa shape index (κ1) is 21.9. The third-order valence-corrected chi connectivity index (χ3v) is 7.47. The number of rotatable bonds is 7. The summed E-state index contributed by atoms with van der Waals surface area (Å²) in [6, 6.07) is 11.8. The minimum atomic E-state index is -3.80. The average Bonchev–Trinajstić information content (AvgIpc) is 3.20. The second kappa shape index (κ2) is 8.53. The van der Waals surface area contributed by atoms with Crippen molar-refractivity contribution in [2.75, 3.05) is 6.26 Å². The lowest BCUT2D eigenvalue weighted by molar-refractivity contribution is -0.132. The van der Waals surface area contributed by atoms with Gasteiger partial charge in [0.15, 0.2) is 14.6 Å². The molecule has 0 saturated heterocycles. The van der Waals surface area contributed by atoms with Crippen molar-refractivity contribution in [3.8, 4) is 11.1 Å². The summed E-state index contributed by atoms with van der Waals surface area (Å²) in [7, 11) is -3.80. The Morgan fingerprint density at radius 3 is 2.50 bits per heavy atom. The molecule has 160 valence electrons. The molecular weight excluding hydrogens is 406 g/mol. The summed E-state index contributed by atoms with van der Waals surface area (Å²) in [6.45, 7) is 3.33. The second-order valence-corrected chi connectivity index (χ2v) is 10.0. The number of amides is 1. The molecule has 2 aromatic rings. The topological polar surface area (TPSA) is 118 Å². The van der Waals surface area contributed by atoms with E-state index in [1.165, 1.54) is 12.4 Å². The van der Waals surface area contributed by atoms with Gasteiger partial charge in [0.1, 0.15) is 6.10 Å². The summed E-state index contributed by atoms with van der Waals surface area (Å²) in [4.78, 5) is 21.7. The summed E-state index contributed by atoms with van der Waals surface area (Å²) in [5.41, 5.74) is 6.13. The van der Waals surface area contributed by atoms with Gasteiger partial charge in [-0.1, -0.05) is 36.3 Å². The van der Waals surface area contributed by atoms with Crippen LogP contribution in [0.25, 0.3) is 11.1 Å². The molecule has 0 saturated carbocycles. The lowest BCUT2D eigenvalue weighted by atomic mass is 9.95. The van der Waals surface area contributed by atoms with Crippen molar-refractivity contribution < 1.29 is 23.3 Å². The Balaban J connectivity index is 1.73. The molecule has 0 spiro atoms. The number of sulfone groups is 1. The zero-order valence-corrected chi connectivity index (χ0v) is 17.9. The maximum Gasteiger partial charge on any atom is 0.264 e. The Kier molecular flexibility index (Phi) is 6.23. The Morgan fingerprint density at radius 2 is 1.90 bits per heavy atom. The molecule has 2 unspecified atom stereocenters. The monoisotopic (exact) mass is 431 g/mol. The van der Waals surface area contributed by atoms with Crippen LogP contribution >= 0.6 is 0 Å². The molecule has 0 aliphatic carbocycles. The van der Waals surface area contributed by atoms with Crippen LogP contribution in [0.15, 0.2) is 47.8 Å². The average molecular weight is 432 g/mol. The van der Waals surface area contributed by atoms with Gasteiger partial charge in [-0.3, -0.25) is 15.0 Å². The minimum absolute atomic E-state index is 0.125. The first-order valence-corrected chi connectivity index (χ1v) is 11.5. The number of aryl methyl sites for hydroxylation is 1. The third kappa shape index (κ3) is 4.36. The van der Waals surface area contributed by atoms with Gasteiger partial charge in [0.05, 0.1) is 5.71 Å². The highest BCUT2D eigenvalue weighted by molar-refractivity contribution is 7.92.